The number of rotatable bonds is 4. The third-order valence-electron chi connectivity index (χ3n) is 1.59. The molecule has 0 amide bonds. The van der Waals surface area contributed by atoms with E-state index in [4.69, 9.17) is 0 Å². The monoisotopic (exact) mass is 254 g/mol. The quantitative estimate of drug-likeness (QED) is 0.393. The average Bonchev–Trinajstić information content (AvgIpc) is 2.95. The van der Waals surface area contributed by atoms with Gasteiger partial charge in [-0.15, -0.1) is 9.89 Å². The summed E-state index contributed by atoms with van der Waals surface area (Å²) in [6, 6.07) is 0. The fourth-order valence-electron chi connectivity index (χ4n) is 0.923. The van der Waals surface area contributed by atoms with Gasteiger partial charge in [0.2, 0.25) is 0 Å². The molecule has 0 aliphatic rings. The van der Waals surface area contributed by atoms with E-state index in [1.807, 2.05) is 0 Å². The standard InChI is InChI=1S/C4H2N10O4/c15-13(16)3-4(14(17)18)12(8-6-3)10-9-11-2-1-5-7-11/h1-2H/b10-9+. The molecule has 0 aliphatic carbocycles. The zero-order valence-corrected chi connectivity index (χ0v) is 8.26. The molecule has 2 heterocycles. The van der Waals surface area contributed by atoms with Gasteiger partial charge in [0.15, 0.2) is 5.21 Å². The maximum absolute atomic E-state index is 10.6. The maximum Gasteiger partial charge on any atom is 0.492 e. The highest BCUT2D eigenvalue weighted by molar-refractivity contribution is 5.38. The fourth-order valence-corrected chi connectivity index (χ4v) is 0.923. The molecule has 92 valence electrons. The molecule has 2 aromatic heterocycles. The molecule has 0 saturated heterocycles. The van der Waals surface area contributed by atoms with Crippen LogP contribution in [0.25, 0.3) is 0 Å². The second-order valence-electron chi connectivity index (χ2n) is 2.64. The molecule has 2 aromatic rings. The molecule has 0 atom stereocenters. The summed E-state index contributed by atoms with van der Waals surface area (Å²) >= 11 is 0. The third kappa shape index (κ3) is 1.96. The number of nitrogens with zero attached hydrogens (tertiary/aromatic N) is 10. The molecule has 14 nitrogen and oxygen atoms in total. The van der Waals surface area contributed by atoms with E-state index in [-0.39, 0.29) is 0 Å². The minimum absolute atomic E-state index is 0.305. The van der Waals surface area contributed by atoms with Crippen LogP contribution in [0.5, 0.6) is 0 Å². The van der Waals surface area contributed by atoms with Gasteiger partial charge < -0.3 is 20.2 Å². The molecule has 0 aliphatic heterocycles. The van der Waals surface area contributed by atoms with Crippen LogP contribution in [-0.4, -0.2) is 40.1 Å². The van der Waals surface area contributed by atoms with Gasteiger partial charge in [-0.1, -0.05) is 0 Å². The highest BCUT2D eigenvalue weighted by atomic mass is 16.6. The first-order valence-electron chi connectivity index (χ1n) is 4.12. The Balaban J connectivity index is 2.39. The summed E-state index contributed by atoms with van der Waals surface area (Å²) in [4.78, 5) is 20.2. The SMILES string of the molecule is O=[N+]([O-])c1nnn(/N=N/n2ccnn2)c1[N+](=O)[O-]. The van der Waals surface area contributed by atoms with E-state index >= 15 is 0 Å². The predicted molar refractivity (Wildman–Crippen MR) is 49.0 cm³/mol. The summed E-state index contributed by atoms with van der Waals surface area (Å²) in [6.07, 6.45) is 2.58. The summed E-state index contributed by atoms with van der Waals surface area (Å²) in [7, 11) is 0. The van der Waals surface area contributed by atoms with Crippen molar-refractivity contribution in [1.29, 1.82) is 0 Å². The van der Waals surface area contributed by atoms with Crippen LogP contribution >= 0.6 is 0 Å². The van der Waals surface area contributed by atoms with Crippen molar-refractivity contribution in [3.63, 3.8) is 0 Å². The summed E-state index contributed by atoms with van der Waals surface area (Å²) in [5.41, 5.74) is 0. The Hall–Kier alpha value is -3.32. The van der Waals surface area contributed by atoms with Crippen molar-refractivity contribution in [2.75, 3.05) is 0 Å². The van der Waals surface area contributed by atoms with Crippen LogP contribution in [0.3, 0.4) is 0 Å². The lowest BCUT2D eigenvalue weighted by Crippen LogP contribution is -2.01. The first kappa shape index (κ1) is 11.2. The molecule has 0 fully saturated rings. The topological polar surface area (TPSA) is 172 Å². The largest absolute Gasteiger partial charge is 0.492 e. The number of aromatic nitrogens is 6. The van der Waals surface area contributed by atoms with E-state index < -0.39 is 21.5 Å². The average molecular weight is 254 g/mol. The summed E-state index contributed by atoms with van der Waals surface area (Å²) in [5.74, 6) is -2.04. The second-order valence-corrected chi connectivity index (χ2v) is 2.64. The predicted octanol–water partition coefficient (Wildman–Crippen LogP) is -0.635. The molecular formula is C4H2N10O4. The number of hydrogen-bond acceptors (Lipinski definition) is 10. The van der Waals surface area contributed by atoms with Gasteiger partial charge in [-0.25, -0.2) is 0 Å². The van der Waals surface area contributed by atoms with Crippen LogP contribution < -0.4 is 0 Å². The molecule has 0 N–H and O–H groups in total. The molecule has 0 radical (unpaired) electrons. The van der Waals surface area contributed by atoms with Crippen LogP contribution in [0.1, 0.15) is 0 Å². The van der Waals surface area contributed by atoms with Crippen molar-refractivity contribution in [1.82, 2.24) is 30.2 Å². The zero-order valence-electron chi connectivity index (χ0n) is 8.26. The Labute approximate surface area is 95.8 Å². The highest BCUT2D eigenvalue weighted by Gasteiger charge is 2.35. The van der Waals surface area contributed by atoms with E-state index in [1.54, 1.807) is 0 Å². The van der Waals surface area contributed by atoms with Gasteiger partial charge in [-0.05, 0) is 20.3 Å². The zero-order chi connectivity index (χ0) is 13.1. The molecule has 0 unspecified atom stereocenters. The summed E-state index contributed by atoms with van der Waals surface area (Å²) in [5, 5.41) is 40.6. The van der Waals surface area contributed by atoms with Crippen LogP contribution in [0.15, 0.2) is 22.8 Å². The maximum atomic E-state index is 10.6. The normalized spacial score (nSPS) is 10.9. The summed E-state index contributed by atoms with van der Waals surface area (Å²) < 4.78 is 0. The second kappa shape index (κ2) is 4.28. The van der Waals surface area contributed by atoms with Crippen molar-refractivity contribution in [3.05, 3.63) is 32.6 Å². The lowest BCUT2D eigenvalue weighted by molar-refractivity contribution is -0.428. The Morgan fingerprint density at radius 1 is 1.17 bits per heavy atom. The van der Waals surface area contributed by atoms with Crippen molar-refractivity contribution in [2.24, 2.45) is 10.4 Å². The fraction of sp³-hybridized carbons (Fsp3) is 0. The van der Waals surface area contributed by atoms with Crippen LogP contribution in [-0.2, 0) is 0 Å². The molecule has 0 spiro atoms. The van der Waals surface area contributed by atoms with Gasteiger partial charge in [0.25, 0.3) is 0 Å². The van der Waals surface area contributed by atoms with Gasteiger partial charge in [0.1, 0.15) is 5.10 Å². The molecular weight excluding hydrogens is 252 g/mol. The molecule has 14 heteroatoms. The first-order chi connectivity index (χ1) is 8.59. The van der Waals surface area contributed by atoms with E-state index in [0.29, 0.717) is 4.79 Å². The molecule has 0 aromatic carbocycles. The van der Waals surface area contributed by atoms with Gasteiger partial charge >= 0.3 is 11.6 Å². The minimum Gasteiger partial charge on any atom is -0.358 e. The van der Waals surface area contributed by atoms with Gasteiger partial charge in [0, 0.05) is 0 Å². The number of nitro groups is 2. The molecule has 0 bridgehead atoms. The minimum atomic E-state index is -1.05. The van der Waals surface area contributed by atoms with E-state index in [0.717, 1.165) is 4.79 Å². The van der Waals surface area contributed by atoms with Crippen molar-refractivity contribution in [2.45, 2.75) is 0 Å². The van der Waals surface area contributed by atoms with Crippen LogP contribution in [0, 0.1) is 20.2 Å². The molecule has 2 rings (SSSR count). The van der Waals surface area contributed by atoms with Crippen molar-refractivity contribution >= 4 is 11.6 Å². The summed E-state index contributed by atoms with van der Waals surface area (Å²) in [6.45, 7) is 0. The highest BCUT2D eigenvalue weighted by Crippen LogP contribution is 2.22. The van der Waals surface area contributed by atoms with Crippen molar-refractivity contribution in [3.8, 4) is 0 Å². The Morgan fingerprint density at radius 3 is 2.50 bits per heavy atom. The van der Waals surface area contributed by atoms with E-state index in [2.05, 4.69) is 31.1 Å². The van der Waals surface area contributed by atoms with Gasteiger partial charge in [-0.3, -0.25) is 0 Å². The van der Waals surface area contributed by atoms with Gasteiger partial charge in [0.05, 0.1) is 22.4 Å². The lowest BCUT2D eigenvalue weighted by Gasteiger charge is -1.90. The van der Waals surface area contributed by atoms with Crippen molar-refractivity contribution < 1.29 is 9.85 Å². The Morgan fingerprint density at radius 2 is 1.94 bits per heavy atom. The Kier molecular flexibility index (Phi) is 2.65. The van der Waals surface area contributed by atoms with Gasteiger partial charge in [-0.2, -0.15) is 0 Å². The smallest absolute Gasteiger partial charge is 0.358 e. The molecule has 0 saturated carbocycles. The van der Waals surface area contributed by atoms with Crippen LogP contribution in [0.4, 0.5) is 11.6 Å². The van der Waals surface area contributed by atoms with E-state index in [1.165, 1.54) is 12.4 Å². The first-order valence-corrected chi connectivity index (χ1v) is 4.12. The van der Waals surface area contributed by atoms with E-state index in [9.17, 15) is 20.2 Å². The third-order valence-corrected chi connectivity index (χ3v) is 1.59. The Bertz CT molecular complexity index is 612. The van der Waals surface area contributed by atoms with Crippen LogP contribution in [0.2, 0.25) is 0 Å². The number of hydrogen-bond donors (Lipinski definition) is 0. The lowest BCUT2D eigenvalue weighted by atomic mass is 10.7. The molecule has 18 heavy (non-hydrogen) atoms.